The molecule has 0 saturated carbocycles. The number of likely N-dealkylation sites (N-methyl/N-ethyl adjacent to an activating group) is 1. The van der Waals surface area contributed by atoms with Crippen LogP contribution < -0.4 is 14.8 Å². The number of nitrogens with one attached hydrogen (secondary N) is 1. The molecule has 5 heteroatoms. The standard InChI is InChI=1S/C21H25NO4/c1-4-6-8-10-20(23)25-18-13-12-17(14-15-22-3)16-19(18)26-21(24)11-9-7-5-2/h4-5,8-13,16,22H,1-2,6-7,14-15H2,3H3/b10-8+,11-9+. The topological polar surface area (TPSA) is 64.6 Å². The Bertz CT molecular complexity index is 689. The summed E-state index contributed by atoms with van der Waals surface area (Å²) in [6.07, 6.45) is 11.1. The van der Waals surface area contributed by atoms with Crippen LogP contribution in [0.15, 0.2) is 67.8 Å². The van der Waals surface area contributed by atoms with E-state index in [1.54, 1.807) is 36.4 Å². The molecule has 0 bridgehead atoms. The van der Waals surface area contributed by atoms with Gasteiger partial charge in [-0.05, 0) is 50.6 Å². The number of hydrogen-bond donors (Lipinski definition) is 1. The van der Waals surface area contributed by atoms with Crippen LogP contribution in [0.2, 0.25) is 0 Å². The van der Waals surface area contributed by atoms with Gasteiger partial charge in [0.1, 0.15) is 0 Å². The van der Waals surface area contributed by atoms with Crippen LogP contribution in [0.4, 0.5) is 0 Å². The predicted molar refractivity (Wildman–Crippen MR) is 103 cm³/mol. The van der Waals surface area contributed by atoms with Gasteiger partial charge in [-0.1, -0.05) is 30.4 Å². The molecule has 0 fully saturated rings. The highest BCUT2D eigenvalue weighted by Gasteiger charge is 2.12. The Kier molecular flexibility index (Phi) is 10.1. The smallest absolute Gasteiger partial charge is 0.335 e. The summed E-state index contributed by atoms with van der Waals surface area (Å²) in [6.45, 7) is 7.93. The van der Waals surface area contributed by atoms with E-state index in [1.807, 2.05) is 13.1 Å². The number of rotatable bonds is 11. The van der Waals surface area contributed by atoms with Crippen molar-refractivity contribution in [2.24, 2.45) is 0 Å². The highest BCUT2D eigenvalue weighted by Crippen LogP contribution is 2.29. The maximum atomic E-state index is 11.9. The minimum Gasteiger partial charge on any atom is -0.419 e. The third-order valence-corrected chi connectivity index (χ3v) is 3.21. The fourth-order valence-corrected chi connectivity index (χ4v) is 1.95. The van der Waals surface area contributed by atoms with Crippen molar-refractivity contribution in [1.82, 2.24) is 5.32 Å². The van der Waals surface area contributed by atoms with Crippen molar-refractivity contribution in [3.8, 4) is 11.5 Å². The lowest BCUT2D eigenvalue weighted by molar-refractivity contribution is -0.131. The van der Waals surface area contributed by atoms with Crippen molar-refractivity contribution < 1.29 is 19.1 Å². The highest BCUT2D eigenvalue weighted by molar-refractivity contribution is 5.86. The molecule has 0 heterocycles. The van der Waals surface area contributed by atoms with E-state index < -0.39 is 11.9 Å². The largest absolute Gasteiger partial charge is 0.419 e. The molecule has 1 N–H and O–H groups in total. The van der Waals surface area contributed by atoms with Crippen LogP contribution in [-0.4, -0.2) is 25.5 Å². The third-order valence-electron chi connectivity index (χ3n) is 3.21. The summed E-state index contributed by atoms with van der Waals surface area (Å²) in [5.41, 5.74) is 0.958. The van der Waals surface area contributed by atoms with Crippen molar-refractivity contribution >= 4 is 11.9 Å². The molecule has 0 amide bonds. The fourth-order valence-electron chi connectivity index (χ4n) is 1.95. The first-order valence-electron chi connectivity index (χ1n) is 8.36. The molecule has 26 heavy (non-hydrogen) atoms. The number of carbonyl (C=O) groups excluding carboxylic acids is 2. The molecule has 0 saturated heterocycles. The Morgan fingerprint density at radius 3 is 2.12 bits per heavy atom. The second-order valence-corrected chi connectivity index (χ2v) is 5.33. The van der Waals surface area contributed by atoms with E-state index in [-0.39, 0.29) is 11.5 Å². The van der Waals surface area contributed by atoms with E-state index >= 15 is 0 Å². The first-order chi connectivity index (χ1) is 12.6. The molecule has 0 spiro atoms. The number of allylic oxidation sites excluding steroid dienone is 4. The molecule has 0 aliphatic carbocycles. The summed E-state index contributed by atoms with van der Waals surface area (Å²) in [4.78, 5) is 23.8. The first-order valence-corrected chi connectivity index (χ1v) is 8.36. The number of ether oxygens (including phenoxy) is 2. The zero-order chi connectivity index (χ0) is 19.2. The average molecular weight is 355 g/mol. The molecule has 5 nitrogen and oxygen atoms in total. The highest BCUT2D eigenvalue weighted by atomic mass is 16.6. The van der Waals surface area contributed by atoms with Gasteiger partial charge in [0.25, 0.3) is 0 Å². The maximum absolute atomic E-state index is 11.9. The van der Waals surface area contributed by atoms with Crippen molar-refractivity contribution in [2.75, 3.05) is 13.6 Å². The fraction of sp³-hybridized carbons (Fsp3) is 0.238. The van der Waals surface area contributed by atoms with Gasteiger partial charge < -0.3 is 14.8 Å². The van der Waals surface area contributed by atoms with Gasteiger partial charge in [0.2, 0.25) is 0 Å². The van der Waals surface area contributed by atoms with Crippen LogP contribution >= 0.6 is 0 Å². The number of benzene rings is 1. The van der Waals surface area contributed by atoms with Crippen molar-refractivity contribution in [2.45, 2.75) is 19.3 Å². The normalized spacial score (nSPS) is 10.8. The maximum Gasteiger partial charge on any atom is 0.335 e. The monoisotopic (exact) mass is 355 g/mol. The lowest BCUT2D eigenvalue weighted by Gasteiger charge is -2.11. The molecule has 0 aromatic heterocycles. The van der Waals surface area contributed by atoms with Crippen LogP contribution in [0.25, 0.3) is 0 Å². The summed E-state index contributed by atoms with van der Waals surface area (Å²) in [5, 5.41) is 3.06. The Labute approximate surface area is 154 Å². The molecule has 0 aliphatic heterocycles. The Hall–Kier alpha value is -2.92. The van der Waals surface area contributed by atoms with Gasteiger partial charge in [-0.2, -0.15) is 0 Å². The van der Waals surface area contributed by atoms with E-state index in [4.69, 9.17) is 9.47 Å². The second-order valence-electron chi connectivity index (χ2n) is 5.33. The molecule has 0 unspecified atom stereocenters. The number of esters is 2. The van der Waals surface area contributed by atoms with Gasteiger partial charge >= 0.3 is 11.9 Å². The van der Waals surface area contributed by atoms with E-state index in [0.717, 1.165) is 18.5 Å². The predicted octanol–water partition coefficient (Wildman–Crippen LogP) is 3.52. The van der Waals surface area contributed by atoms with E-state index in [1.165, 1.54) is 12.2 Å². The summed E-state index contributed by atoms with van der Waals surface area (Å²) in [7, 11) is 1.86. The third kappa shape index (κ3) is 8.26. The van der Waals surface area contributed by atoms with Gasteiger partial charge in [0.15, 0.2) is 11.5 Å². The minimum absolute atomic E-state index is 0.192. The number of carbonyl (C=O) groups is 2. The molecule has 1 aromatic carbocycles. The Morgan fingerprint density at radius 1 is 1.00 bits per heavy atom. The molecule has 0 aliphatic rings. The quantitative estimate of drug-likeness (QED) is 0.285. The van der Waals surface area contributed by atoms with Crippen LogP contribution in [0.5, 0.6) is 11.5 Å². The van der Waals surface area contributed by atoms with Gasteiger partial charge in [-0.3, -0.25) is 0 Å². The zero-order valence-corrected chi connectivity index (χ0v) is 15.1. The Balaban J connectivity index is 2.95. The summed E-state index contributed by atoms with van der Waals surface area (Å²) >= 11 is 0. The molecule has 1 rings (SSSR count). The molecule has 0 radical (unpaired) electrons. The molecule has 138 valence electrons. The van der Waals surface area contributed by atoms with Crippen molar-refractivity contribution in [3.05, 3.63) is 73.4 Å². The van der Waals surface area contributed by atoms with Crippen LogP contribution in [0, 0.1) is 0 Å². The summed E-state index contributed by atoms with van der Waals surface area (Å²) in [5.74, 6) is -0.694. The van der Waals surface area contributed by atoms with Crippen molar-refractivity contribution in [3.63, 3.8) is 0 Å². The number of hydrogen-bond acceptors (Lipinski definition) is 5. The SMILES string of the molecule is C=CC/C=C/C(=O)Oc1ccc(CCNC)cc1OC(=O)/C=C/CC=C. The minimum atomic E-state index is -0.547. The van der Waals surface area contributed by atoms with E-state index in [9.17, 15) is 9.59 Å². The van der Waals surface area contributed by atoms with Gasteiger partial charge in [0, 0.05) is 12.2 Å². The van der Waals surface area contributed by atoms with Gasteiger partial charge in [-0.25, -0.2) is 9.59 Å². The van der Waals surface area contributed by atoms with E-state index in [2.05, 4.69) is 18.5 Å². The van der Waals surface area contributed by atoms with Crippen LogP contribution in [-0.2, 0) is 16.0 Å². The lowest BCUT2D eigenvalue weighted by atomic mass is 10.1. The van der Waals surface area contributed by atoms with Gasteiger partial charge in [-0.15, -0.1) is 13.2 Å². The molecular weight excluding hydrogens is 330 g/mol. The summed E-state index contributed by atoms with van der Waals surface area (Å²) in [6, 6.07) is 5.16. The van der Waals surface area contributed by atoms with Crippen LogP contribution in [0.1, 0.15) is 18.4 Å². The molecule has 0 atom stereocenters. The Morgan fingerprint density at radius 2 is 1.58 bits per heavy atom. The zero-order valence-electron chi connectivity index (χ0n) is 15.1. The second kappa shape index (κ2) is 12.4. The van der Waals surface area contributed by atoms with Crippen LogP contribution in [0.3, 0.4) is 0 Å². The lowest BCUT2D eigenvalue weighted by Crippen LogP contribution is -2.12. The average Bonchev–Trinajstić information content (AvgIpc) is 2.62. The van der Waals surface area contributed by atoms with Gasteiger partial charge in [0.05, 0.1) is 0 Å². The summed E-state index contributed by atoms with van der Waals surface area (Å²) < 4.78 is 10.6. The van der Waals surface area contributed by atoms with Crippen molar-refractivity contribution in [1.29, 1.82) is 0 Å². The first kappa shape index (κ1) is 21.1. The molecule has 1 aromatic rings. The molecular formula is C21H25NO4. The van der Waals surface area contributed by atoms with E-state index in [0.29, 0.717) is 12.8 Å².